The Balaban J connectivity index is 1.73. The largest absolute Gasteiger partial charge is 0.411 e. The molecule has 140 valence electrons. The van der Waals surface area contributed by atoms with Crippen LogP contribution in [-0.4, -0.2) is 28.8 Å². The van der Waals surface area contributed by atoms with Crippen molar-refractivity contribution in [2.75, 3.05) is 12.8 Å². The van der Waals surface area contributed by atoms with E-state index >= 15 is 0 Å². The zero-order valence-corrected chi connectivity index (χ0v) is 16.3. The SMILES string of the molecule is CNC1=C(C(=N)SCCc2ccccc2)/C(=N/O)C[C@@H](c2ccccc2)C1. The summed E-state index contributed by atoms with van der Waals surface area (Å²) < 4.78 is 0. The number of oxime groups is 1. The van der Waals surface area contributed by atoms with Crippen LogP contribution >= 0.6 is 11.8 Å². The van der Waals surface area contributed by atoms with Crippen LogP contribution in [-0.2, 0) is 6.42 Å². The van der Waals surface area contributed by atoms with Gasteiger partial charge < -0.3 is 10.5 Å². The molecule has 1 atom stereocenters. The number of allylic oxidation sites excluding steroid dienone is 1. The lowest BCUT2D eigenvalue weighted by atomic mass is 9.81. The Morgan fingerprint density at radius 1 is 1.11 bits per heavy atom. The Labute approximate surface area is 164 Å². The van der Waals surface area contributed by atoms with Crippen LogP contribution in [0.4, 0.5) is 0 Å². The van der Waals surface area contributed by atoms with Gasteiger partial charge in [0.25, 0.3) is 0 Å². The van der Waals surface area contributed by atoms with Crippen LogP contribution in [0.5, 0.6) is 0 Å². The molecule has 1 aliphatic rings. The first kappa shape index (κ1) is 19.2. The summed E-state index contributed by atoms with van der Waals surface area (Å²) >= 11 is 1.51. The Kier molecular flexibility index (Phi) is 6.71. The predicted molar refractivity (Wildman–Crippen MR) is 114 cm³/mol. The second-order valence-corrected chi connectivity index (χ2v) is 7.68. The number of benzene rings is 2. The van der Waals surface area contributed by atoms with Crippen molar-refractivity contribution < 1.29 is 5.21 Å². The van der Waals surface area contributed by atoms with Gasteiger partial charge in [-0.1, -0.05) is 65.8 Å². The van der Waals surface area contributed by atoms with Gasteiger partial charge in [-0.15, -0.1) is 11.8 Å². The summed E-state index contributed by atoms with van der Waals surface area (Å²) in [7, 11) is 1.87. The fourth-order valence-corrected chi connectivity index (χ4v) is 4.39. The molecule has 0 saturated heterocycles. The zero-order chi connectivity index (χ0) is 19.1. The minimum atomic E-state index is 0.255. The maximum atomic E-state index is 9.61. The summed E-state index contributed by atoms with van der Waals surface area (Å²) in [5, 5.41) is 25.4. The van der Waals surface area contributed by atoms with Gasteiger partial charge in [0.2, 0.25) is 0 Å². The predicted octanol–water partition coefficient (Wildman–Crippen LogP) is 4.82. The van der Waals surface area contributed by atoms with Gasteiger partial charge in [0.1, 0.15) is 0 Å². The molecule has 0 saturated carbocycles. The van der Waals surface area contributed by atoms with Gasteiger partial charge in [0.05, 0.1) is 10.8 Å². The van der Waals surface area contributed by atoms with Crippen molar-refractivity contribution >= 4 is 22.5 Å². The van der Waals surface area contributed by atoms with Crippen LogP contribution in [0.1, 0.15) is 29.9 Å². The van der Waals surface area contributed by atoms with E-state index in [1.807, 2.05) is 43.4 Å². The summed E-state index contributed by atoms with van der Waals surface area (Å²) in [4.78, 5) is 0. The average molecular weight is 380 g/mol. The highest BCUT2D eigenvalue weighted by Crippen LogP contribution is 2.35. The monoisotopic (exact) mass is 379 g/mol. The van der Waals surface area contributed by atoms with Gasteiger partial charge in [-0.05, 0) is 29.9 Å². The molecule has 3 rings (SSSR count). The van der Waals surface area contributed by atoms with Crippen LogP contribution < -0.4 is 5.32 Å². The van der Waals surface area contributed by atoms with Crippen molar-refractivity contribution in [2.24, 2.45) is 5.16 Å². The smallest absolute Gasteiger partial charge is 0.0979 e. The summed E-state index contributed by atoms with van der Waals surface area (Å²) in [5.74, 6) is 1.08. The number of hydrogen-bond acceptors (Lipinski definition) is 5. The maximum absolute atomic E-state index is 9.61. The Hall–Kier alpha value is -2.53. The van der Waals surface area contributed by atoms with Crippen molar-refractivity contribution in [3.63, 3.8) is 0 Å². The molecule has 0 spiro atoms. The van der Waals surface area contributed by atoms with Crippen LogP contribution in [0.15, 0.2) is 77.1 Å². The Morgan fingerprint density at radius 3 is 2.41 bits per heavy atom. The third kappa shape index (κ3) is 4.80. The molecule has 0 aromatic heterocycles. The van der Waals surface area contributed by atoms with E-state index in [2.05, 4.69) is 34.7 Å². The van der Waals surface area contributed by atoms with Crippen LogP contribution in [0, 0.1) is 5.41 Å². The minimum Gasteiger partial charge on any atom is -0.411 e. The van der Waals surface area contributed by atoms with Gasteiger partial charge in [-0.3, -0.25) is 5.41 Å². The highest BCUT2D eigenvalue weighted by atomic mass is 32.2. The van der Waals surface area contributed by atoms with Crippen LogP contribution in [0.3, 0.4) is 0 Å². The molecule has 4 nitrogen and oxygen atoms in total. The lowest BCUT2D eigenvalue weighted by Crippen LogP contribution is -2.27. The van der Waals surface area contributed by atoms with Gasteiger partial charge in [0.15, 0.2) is 0 Å². The number of rotatable bonds is 6. The van der Waals surface area contributed by atoms with Gasteiger partial charge in [-0.2, -0.15) is 0 Å². The van der Waals surface area contributed by atoms with E-state index in [0.29, 0.717) is 17.2 Å². The van der Waals surface area contributed by atoms with Crippen molar-refractivity contribution in [3.8, 4) is 0 Å². The van der Waals surface area contributed by atoms with Gasteiger partial charge >= 0.3 is 0 Å². The normalized spacial score (nSPS) is 18.6. The first-order valence-corrected chi connectivity index (χ1v) is 10.1. The number of hydrogen-bond donors (Lipinski definition) is 3. The number of thioether (sulfide) groups is 1. The molecule has 0 amide bonds. The van der Waals surface area contributed by atoms with E-state index in [4.69, 9.17) is 5.41 Å². The molecule has 0 bridgehead atoms. The summed E-state index contributed by atoms with van der Waals surface area (Å²) in [6, 6.07) is 20.6. The third-order valence-corrected chi connectivity index (χ3v) is 5.78. The summed E-state index contributed by atoms with van der Waals surface area (Å²) in [6.45, 7) is 0. The minimum absolute atomic E-state index is 0.255. The number of nitrogens with one attached hydrogen (secondary N) is 2. The second-order valence-electron chi connectivity index (χ2n) is 6.58. The fraction of sp³-hybridized carbons (Fsp3) is 0.273. The van der Waals surface area contributed by atoms with E-state index in [1.165, 1.54) is 22.9 Å². The quantitative estimate of drug-likeness (QED) is 0.292. The third-order valence-electron chi connectivity index (χ3n) is 4.88. The molecule has 0 aliphatic heterocycles. The van der Waals surface area contributed by atoms with E-state index in [-0.39, 0.29) is 5.92 Å². The Morgan fingerprint density at radius 2 is 1.78 bits per heavy atom. The molecule has 5 heteroatoms. The summed E-state index contributed by atoms with van der Waals surface area (Å²) in [6.07, 6.45) is 2.37. The first-order chi connectivity index (χ1) is 13.2. The average Bonchev–Trinajstić information content (AvgIpc) is 2.74. The lowest BCUT2D eigenvalue weighted by molar-refractivity contribution is 0.317. The van der Waals surface area contributed by atoms with E-state index < -0.39 is 0 Å². The second kappa shape index (κ2) is 9.42. The van der Waals surface area contributed by atoms with Crippen molar-refractivity contribution in [1.29, 1.82) is 5.41 Å². The van der Waals surface area contributed by atoms with Crippen LogP contribution in [0.2, 0.25) is 0 Å². The maximum Gasteiger partial charge on any atom is 0.0979 e. The molecule has 0 radical (unpaired) electrons. The molecule has 1 aliphatic carbocycles. The molecule has 3 N–H and O–H groups in total. The molecule has 0 unspecified atom stereocenters. The highest BCUT2D eigenvalue weighted by molar-refractivity contribution is 8.14. The van der Waals surface area contributed by atoms with E-state index in [0.717, 1.165) is 29.9 Å². The summed E-state index contributed by atoms with van der Waals surface area (Å²) in [5.41, 5.74) is 4.82. The molecule has 0 fully saturated rings. The molecular formula is C22H25N3OS. The van der Waals surface area contributed by atoms with Crippen molar-refractivity contribution in [3.05, 3.63) is 83.1 Å². The standard InChI is InChI=1S/C22H25N3OS/c1-24-19-14-18(17-10-6-3-7-11-17)15-20(25-26)21(19)22(23)27-13-12-16-8-4-2-5-9-16/h2-11,18,23-24,26H,12-15H2,1H3/b23-22?,25-20+/t18-/m0/s1. The van der Waals surface area contributed by atoms with Crippen molar-refractivity contribution in [2.45, 2.75) is 25.2 Å². The fourth-order valence-electron chi connectivity index (χ4n) is 3.46. The molecule has 2 aromatic rings. The van der Waals surface area contributed by atoms with Crippen molar-refractivity contribution in [1.82, 2.24) is 5.32 Å². The lowest BCUT2D eigenvalue weighted by Gasteiger charge is -2.28. The molecule has 2 aromatic carbocycles. The topological polar surface area (TPSA) is 68.5 Å². The Bertz CT molecular complexity index is 831. The molecule has 27 heavy (non-hydrogen) atoms. The highest BCUT2D eigenvalue weighted by Gasteiger charge is 2.29. The van der Waals surface area contributed by atoms with E-state index in [1.54, 1.807) is 0 Å². The van der Waals surface area contributed by atoms with Crippen LogP contribution in [0.25, 0.3) is 0 Å². The van der Waals surface area contributed by atoms with E-state index in [9.17, 15) is 5.21 Å². The number of nitrogens with zero attached hydrogens (tertiary/aromatic N) is 1. The molecular weight excluding hydrogens is 354 g/mol. The molecule has 0 heterocycles. The van der Waals surface area contributed by atoms with Gasteiger partial charge in [-0.25, -0.2) is 0 Å². The number of aryl methyl sites for hydroxylation is 1. The first-order valence-electron chi connectivity index (χ1n) is 9.15. The van der Waals surface area contributed by atoms with Gasteiger partial charge in [0, 0.05) is 30.5 Å². The zero-order valence-electron chi connectivity index (χ0n) is 15.5.